The third-order valence-electron chi connectivity index (χ3n) is 3.74. The first-order valence-corrected chi connectivity index (χ1v) is 7.10. The number of rotatable bonds is 5. The summed E-state index contributed by atoms with van der Waals surface area (Å²) < 4.78 is 39.5. The van der Waals surface area contributed by atoms with E-state index in [9.17, 15) is 18.0 Å². The van der Waals surface area contributed by atoms with E-state index in [4.69, 9.17) is 5.11 Å². The molecule has 1 aromatic carbocycles. The molecule has 2 rings (SSSR count). The summed E-state index contributed by atoms with van der Waals surface area (Å²) in [5.74, 6) is -2.50. The lowest BCUT2D eigenvalue weighted by atomic mass is 9.94. The van der Waals surface area contributed by atoms with Crippen LogP contribution in [-0.2, 0) is 4.79 Å². The Morgan fingerprint density at radius 1 is 1.27 bits per heavy atom. The van der Waals surface area contributed by atoms with Gasteiger partial charge in [0.2, 0.25) is 5.91 Å². The minimum atomic E-state index is -4.47. The van der Waals surface area contributed by atoms with Gasteiger partial charge in [0.05, 0.1) is 5.92 Å². The van der Waals surface area contributed by atoms with Gasteiger partial charge >= 0.3 is 6.18 Å². The van der Waals surface area contributed by atoms with Crippen molar-refractivity contribution >= 4 is 5.91 Å². The summed E-state index contributed by atoms with van der Waals surface area (Å²) in [7, 11) is 0. The molecule has 0 aromatic heterocycles. The number of carbonyl (C=O) groups is 1. The van der Waals surface area contributed by atoms with Crippen LogP contribution in [-0.4, -0.2) is 29.8 Å². The number of amides is 1. The number of hydrogen-bond donors (Lipinski definition) is 2. The second kappa shape index (κ2) is 6.96. The zero-order chi connectivity index (χ0) is 16.2. The molecule has 0 radical (unpaired) electrons. The van der Waals surface area contributed by atoms with Gasteiger partial charge in [0.1, 0.15) is 0 Å². The first-order chi connectivity index (χ1) is 10.4. The predicted molar refractivity (Wildman–Crippen MR) is 76.1 cm³/mol. The molecule has 1 aliphatic carbocycles. The lowest BCUT2D eigenvalue weighted by Gasteiger charge is -2.21. The van der Waals surface area contributed by atoms with E-state index >= 15 is 0 Å². The van der Waals surface area contributed by atoms with E-state index in [2.05, 4.69) is 5.32 Å². The molecule has 3 atom stereocenters. The standard InChI is InChI=1S/C16H18F3NO2/c17-16(18,19)14(12-4-2-1-3-5-12)9-15(22)20-13-7-6-11(8-13)10-21/h1-7,11,13-14,21H,8-10H2,(H,20,22)/t11-,13+,14?/m0/s1. The maximum atomic E-state index is 13.2. The number of aliphatic hydroxyl groups excluding tert-OH is 1. The minimum Gasteiger partial charge on any atom is -0.396 e. The molecule has 1 amide bonds. The second-order valence-electron chi connectivity index (χ2n) is 5.45. The Hall–Kier alpha value is -1.82. The number of hydrogen-bond acceptors (Lipinski definition) is 2. The first kappa shape index (κ1) is 16.5. The highest BCUT2D eigenvalue weighted by atomic mass is 19.4. The van der Waals surface area contributed by atoms with Crippen molar-refractivity contribution in [2.75, 3.05) is 6.61 Å². The van der Waals surface area contributed by atoms with Crippen LogP contribution < -0.4 is 5.32 Å². The number of alkyl halides is 3. The topological polar surface area (TPSA) is 49.3 Å². The fourth-order valence-electron chi connectivity index (χ4n) is 2.58. The summed E-state index contributed by atoms with van der Waals surface area (Å²) in [6.07, 6.45) is -1.11. The van der Waals surface area contributed by atoms with Crippen LogP contribution in [0.4, 0.5) is 13.2 Å². The Kier molecular flexibility index (Phi) is 5.24. The van der Waals surface area contributed by atoms with E-state index in [-0.39, 0.29) is 24.1 Å². The summed E-state index contributed by atoms with van der Waals surface area (Å²) in [6.45, 7) is -0.0297. The average molecular weight is 313 g/mol. The summed E-state index contributed by atoms with van der Waals surface area (Å²) >= 11 is 0. The number of halogens is 3. The molecule has 1 aliphatic rings. The molecule has 1 unspecified atom stereocenters. The molecule has 2 N–H and O–H groups in total. The van der Waals surface area contributed by atoms with Crippen molar-refractivity contribution in [3.05, 3.63) is 48.0 Å². The van der Waals surface area contributed by atoms with Gasteiger partial charge in [0.25, 0.3) is 0 Å². The zero-order valence-electron chi connectivity index (χ0n) is 11.9. The van der Waals surface area contributed by atoms with Gasteiger partial charge in [0, 0.05) is 25.0 Å². The molecule has 0 bridgehead atoms. The predicted octanol–water partition coefficient (Wildman–Crippen LogP) is 2.78. The number of benzene rings is 1. The van der Waals surface area contributed by atoms with Crippen LogP contribution in [0, 0.1) is 5.92 Å². The molecular formula is C16H18F3NO2. The Morgan fingerprint density at radius 3 is 2.50 bits per heavy atom. The molecule has 0 aliphatic heterocycles. The molecule has 120 valence electrons. The van der Waals surface area contributed by atoms with Crippen molar-refractivity contribution in [1.29, 1.82) is 0 Å². The van der Waals surface area contributed by atoms with Crippen LogP contribution >= 0.6 is 0 Å². The molecule has 1 aromatic rings. The minimum absolute atomic E-state index is 0.0297. The Labute approximate surface area is 126 Å². The fraction of sp³-hybridized carbons (Fsp3) is 0.438. The smallest absolute Gasteiger partial charge is 0.396 e. The van der Waals surface area contributed by atoms with Gasteiger partial charge in [-0.2, -0.15) is 13.2 Å². The number of aliphatic hydroxyl groups is 1. The highest BCUT2D eigenvalue weighted by Crippen LogP contribution is 2.37. The average Bonchev–Trinajstić information content (AvgIpc) is 2.92. The van der Waals surface area contributed by atoms with Crippen molar-refractivity contribution in [2.24, 2.45) is 5.92 Å². The van der Waals surface area contributed by atoms with Crippen molar-refractivity contribution in [2.45, 2.75) is 31.0 Å². The monoisotopic (exact) mass is 313 g/mol. The lowest BCUT2D eigenvalue weighted by Crippen LogP contribution is -2.36. The summed E-state index contributed by atoms with van der Waals surface area (Å²) in [4.78, 5) is 11.9. The lowest BCUT2D eigenvalue weighted by molar-refractivity contribution is -0.157. The van der Waals surface area contributed by atoms with Gasteiger partial charge in [-0.3, -0.25) is 4.79 Å². The van der Waals surface area contributed by atoms with Crippen LogP contribution in [0.25, 0.3) is 0 Å². The van der Waals surface area contributed by atoms with Crippen LogP contribution in [0.1, 0.15) is 24.3 Å². The maximum Gasteiger partial charge on any atom is 0.396 e. The van der Waals surface area contributed by atoms with E-state index in [1.54, 1.807) is 18.2 Å². The number of nitrogens with one attached hydrogen (secondary N) is 1. The van der Waals surface area contributed by atoms with Gasteiger partial charge in [-0.05, 0) is 12.0 Å². The highest BCUT2D eigenvalue weighted by Gasteiger charge is 2.42. The van der Waals surface area contributed by atoms with E-state index < -0.39 is 24.4 Å². The molecule has 0 saturated heterocycles. The Morgan fingerprint density at radius 2 is 1.95 bits per heavy atom. The largest absolute Gasteiger partial charge is 0.396 e. The Bertz CT molecular complexity index is 528. The third kappa shape index (κ3) is 4.34. The van der Waals surface area contributed by atoms with E-state index in [1.807, 2.05) is 0 Å². The van der Waals surface area contributed by atoms with Gasteiger partial charge in [-0.15, -0.1) is 0 Å². The second-order valence-corrected chi connectivity index (χ2v) is 5.45. The molecule has 0 saturated carbocycles. The van der Waals surface area contributed by atoms with Crippen LogP contribution in [0.3, 0.4) is 0 Å². The fourth-order valence-corrected chi connectivity index (χ4v) is 2.58. The van der Waals surface area contributed by atoms with Crippen molar-refractivity contribution in [1.82, 2.24) is 5.32 Å². The summed E-state index contributed by atoms with van der Waals surface area (Å²) in [5, 5.41) is 11.6. The normalized spacial score (nSPS) is 22.5. The van der Waals surface area contributed by atoms with Crippen molar-refractivity contribution in [3.8, 4) is 0 Å². The zero-order valence-corrected chi connectivity index (χ0v) is 11.9. The quantitative estimate of drug-likeness (QED) is 0.821. The number of carbonyl (C=O) groups excluding carboxylic acids is 1. The molecule has 6 heteroatoms. The third-order valence-corrected chi connectivity index (χ3v) is 3.74. The van der Waals surface area contributed by atoms with Gasteiger partial charge < -0.3 is 10.4 Å². The van der Waals surface area contributed by atoms with Crippen LogP contribution in [0.15, 0.2) is 42.5 Å². The van der Waals surface area contributed by atoms with Gasteiger partial charge in [-0.1, -0.05) is 42.5 Å². The molecule has 0 spiro atoms. The highest BCUT2D eigenvalue weighted by molar-refractivity contribution is 5.77. The van der Waals surface area contributed by atoms with Gasteiger partial charge in [0.15, 0.2) is 0 Å². The van der Waals surface area contributed by atoms with E-state index in [1.165, 1.54) is 24.3 Å². The van der Waals surface area contributed by atoms with E-state index in [0.29, 0.717) is 6.42 Å². The molecule has 22 heavy (non-hydrogen) atoms. The molecule has 0 fully saturated rings. The maximum absolute atomic E-state index is 13.2. The van der Waals surface area contributed by atoms with Crippen LogP contribution in [0.2, 0.25) is 0 Å². The summed E-state index contributed by atoms with van der Waals surface area (Å²) in [5.41, 5.74) is 0.0837. The SMILES string of the molecule is O=C(CC(c1ccccc1)C(F)(F)F)N[C@@H]1C=C[C@H](CO)C1. The van der Waals surface area contributed by atoms with E-state index in [0.717, 1.165) is 0 Å². The van der Waals surface area contributed by atoms with Gasteiger partial charge in [-0.25, -0.2) is 0 Å². The molecule has 3 nitrogen and oxygen atoms in total. The Balaban J connectivity index is 1.99. The molecule has 0 heterocycles. The van der Waals surface area contributed by atoms with Crippen LogP contribution in [0.5, 0.6) is 0 Å². The van der Waals surface area contributed by atoms with Crippen molar-refractivity contribution in [3.63, 3.8) is 0 Å². The first-order valence-electron chi connectivity index (χ1n) is 7.10. The van der Waals surface area contributed by atoms with Crippen molar-refractivity contribution < 1.29 is 23.1 Å². The summed E-state index contributed by atoms with van der Waals surface area (Å²) in [6, 6.07) is 7.13. The molecular weight excluding hydrogens is 295 g/mol.